The van der Waals surface area contributed by atoms with Gasteiger partial charge in [-0.05, 0) is 25.2 Å². The number of aromatic amines is 1. The van der Waals surface area contributed by atoms with E-state index in [2.05, 4.69) is 10.3 Å². The van der Waals surface area contributed by atoms with Crippen LogP contribution in [0.5, 0.6) is 0 Å². The largest absolute Gasteiger partial charge is 0.345 e. The molecular formula is C10H10Cl2N2. The molecule has 0 bridgehead atoms. The number of fused-ring (bicyclic) bond motifs is 1. The van der Waals surface area contributed by atoms with E-state index >= 15 is 0 Å². The van der Waals surface area contributed by atoms with Gasteiger partial charge in [0.25, 0.3) is 0 Å². The van der Waals surface area contributed by atoms with Crippen LogP contribution in [-0.2, 0) is 6.54 Å². The second-order valence-corrected chi connectivity index (χ2v) is 3.95. The SMILES string of the molecule is CNCc1c(Cl)[nH]c2ccc(Cl)cc12. The van der Waals surface area contributed by atoms with Crippen molar-refractivity contribution >= 4 is 34.1 Å². The van der Waals surface area contributed by atoms with E-state index in [1.54, 1.807) is 0 Å². The van der Waals surface area contributed by atoms with E-state index in [0.717, 1.165) is 28.0 Å². The Morgan fingerprint density at radius 2 is 2.14 bits per heavy atom. The summed E-state index contributed by atoms with van der Waals surface area (Å²) in [6.45, 7) is 0.735. The number of benzene rings is 1. The van der Waals surface area contributed by atoms with Crippen LogP contribution in [0.1, 0.15) is 5.56 Å². The third-order valence-electron chi connectivity index (χ3n) is 2.17. The summed E-state index contributed by atoms with van der Waals surface area (Å²) in [4.78, 5) is 3.11. The fourth-order valence-corrected chi connectivity index (χ4v) is 1.98. The molecule has 4 heteroatoms. The molecule has 0 radical (unpaired) electrons. The zero-order valence-corrected chi connectivity index (χ0v) is 9.21. The smallest absolute Gasteiger partial charge is 0.111 e. The quantitative estimate of drug-likeness (QED) is 0.813. The van der Waals surface area contributed by atoms with Crippen LogP contribution in [0.4, 0.5) is 0 Å². The van der Waals surface area contributed by atoms with Crippen LogP contribution in [0.2, 0.25) is 10.2 Å². The minimum absolute atomic E-state index is 0.677. The van der Waals surface area contributed by atoms with Gasteiger partial charge in [-0.15, -0.1) is 0 Å². The first kappa shape index (κ1) is 9.84. The second kappa shape index (κ2) is 3.81. The molecule has 2 nitrogen and oxygen atoms in total. The summed E-state index contributed by atoms with van der Waals surface area (Å²) in [5.74, 6) is 0. The lowest BCUT2D eigenvalue weighted by Gasteiger charge is -1.98. The lowest BCUT2D eigenvalue weighted by atomic mass is 10.2. The van der Waals surface area contributed by atoms with E-state index in [9.17, 15) is 0 Å². The van der Waals surface area contributed by atoms with Gasteiger partial charge in [-0.2, -0.15) is 0 Å². The normalized spacial score (nSPS) is 11.1. The van der Waals surface area contributed by atoms with Crippen molar-refractivity contribution in [3.8, 4) is 0 Å². The molecule has 0 saturated carbocycles. The summed E-state index contributed by atoms with van der Waals surface area (Å²) < 4.78 is 0. The van der Waals surface area contributed by atoms with Crippen molar-refractivity contribution < 1.29 is 0 Å². The van der Waals surface area contributed by atoms with Crippen LogP contribution in [0.15, 0.2) is 18.2 Å². The first-order chi connectivity index (χ1) is 6.72. The summed E-state index contributed by atoms with van der Waals surface area (Å²) in [7, 11) is 1.89. The van der Waals surface area contributed by atoms with Crippen molar-refractivity contribution in [1.82, 2.24) is 10.3 Å². The molecular weight excluding hydrogens is 219 g/mol. The first-order valence-electron chi connectivity index (χ1n) is 4.32. The maximum atomic E-state index is 6.06. The summed E-state index contributed by atoms with van der Waals surface area (Å²) in [5, 5.41) is 5.56. The maximum Gasteiger partial charge on any atom is 0.111 e. The molecule has 2 N–H and O–H groups in total. The highest BCUT2D eigenvalue weighted by Gasteiger charge is 2.08. The van der Waals surface area contributed by atoms with Gasteiger partial charge in [0.05, 0.1) is 0 Å². The third-order valence-corrected chi connectivity index (χ3v) is 2.73. The van der Waals surface area contributed by atoms with Crippen molar-refractivity contribution in [1.29, 1.82) is 0 Å². The van der Waals surface area contributed by atoms with Crippen LogP contribution in [-0.4, -0.2) is 12.0 Å². The molecule has 2 rings (SSSR count). The van der Waals surface area contributed by atoms with Gasteiger partial charge in [-0.25, -0.2) is 0 Å². The summed E-state index contributed by atoms with van der Waals surface area (Å²) >= 11 is 12.0. The average Bonchev–Trinajstić information content (AvgIpc) is 2.45. The lowest BCUT2D eigenvalue weighted by molar-refractivity contribution is 0.823. The Bertz CT molecular complexity index is 462. The fraction of sp³-hybridized carbons (Fsp3) is 0.200. The molecule has 0 aliphatic heterocycles. The van der Waals surface area contributed by atoms with E-state index in [4.69, 9.17) is 23.2 Å². The predicted molar refractivity (Wildman–Crippen MR) is 61.1 cm³/mol. The average molecular weight is 229 g/mol. The standard InChI is InChI=1S/C10H10Cl2N2/c1-13-5-8-7-4-6(11)2-3-9(7)14-10(8)12/h2-4,13-14H,5H2,1H3. The van der Waals surface area contributed by atoms with Crippen LogP contribution >= 0.6 is 23.2 Å². The van der Waals surface area contributed by atoms with Crippen LogP contribution in [0, 0.1) is 0 Å². The van der Waals surface area contributed by atoms with E-state index in [-0.39, 0.29) is 0 Å². The van der Waals surface area contributed by atoms with E-state index in [1.165, 1.54) is 0 Å². The molecule has 0 spiro atoms. The number of hydrogen-bond acceptors (Lipinski definition) is 1. The predicted octanol–water partition coefficient (Wildman–Crippen LogP) is 3.19. The number of halogens is 2. The topological polar surface area (TPSA) is 27.8 Å². The first-order valence-corrected chi connectivity index (χ1v) is 5.08. The number of nitrogens with one attached hydrogen (secondary N) is 2. The molecule has 0 aliphatic rings. The molecule has 0 fully saturated rings. The van der Waals surface area contributed by atoms with E-state index in [0.29, 0.717) is 5.15 Å². The van der Waals surface area contributed by atoms with Crippen LogP contribution < -0.4 is 5.32 Å². The summed E-state index contributed by atoms with van der Waals surface area (Å²) in [6.07, 6.45) is 0. The highest BCUT2D eigenvalue weighted by molar-refractivity contribution is 6.33. The van der Waals surface area contributed by atoms with Gasteiger partial charge < -0.3 is 10.3 Å². The minimum Gasteiger partial charge on any atom is -0.345 e. The second-order valence-electron chi connectivity index (χ2n) is 3.14. The third kappa shape index (κ3) is 1.61. The molecule has 0 saturated heterocycles. The highest BCUT2D eigenvalue weighted by atomic mass is 35.5. The van der Waals surface area contributed by atoms with Crippen molar-refractivity contribution in [3.63, 3.8) is 0 Å². The Hall–Kier alpha value is -0.700. The molecule has 14 heavy (non-hydrogen) atoms. The summed E-state index contributed by atoms with van der Waals surface area (Å²) in [6, 6.07) is 5.70. The zero-order chi connectivity index (χ0) is 10.1. The van der Waals surface area contributed by atoms with Gasteiger partial charge in [-0.3, -0.25) is 0 Å². The van der Waals surface area contributed by atoms with Gasteiger partial charge in [-0.1, -0.05) is 23.2 Å². The van der Waals surface area contributed by atoms with Gasteiger partial charge in [0, 0.05) is 28.0 Å². The maximum absolute atomic E-state index is 6.06. The van der Waals surface area contributed by atoms with Crippen LogP contribution in [0.3, 0.4) is 0 Å². The van der Waals surface area contributed by atoms with E-state index in [1.807, 2.05) is 25.2 Å². The monoisotopic (exact) mass is 228 g/mol. The molecule has 74 valence electrons. The molecule has 2 aromatic rings. The van der Waals surface area contributed by atoms with Crippen molar-refractivity contribution in [2.75, 3.05) is 7.05 Å². The Morgan fingerprint density at radius 3 is 2.86 bits per heavy atom. The molecule has 0 atom stereocenters. The number of aromatic nitrogens is 1. The highest BCUT2D eigenvalue weighted by Crippen LogP contribution is 2.28. The fourth-order valence-electron chi connectivity index (χ4n) is 1.54. The van der Waals surface area contributed by atoms with Gasteiger partial charge in [0.15, 0.2) is 0 Å². The summed E-state index contributed by atoms with van der Waals surface area (Å²) in [5.41, 5.74) is 2.08. The number of H-pyrrole nitrogens is 1. The van der Waals surface area contributed by atoms with Gasteiger partial charge >= 0.3 is 0 Å². The Labute approximate surface area is 92.2 Å². The molecule has 1 aromatic heterocycles. The molecule has 1 heterocycles. The van der Waals surface area contributed by atoms with Crippen molar-refractivity contribution in [3.05, 3.63) is 33.9 Å². The van der Waals surface area contributed by atoms with E-state index < -0.39 is 0 Å². The van der Waals surface area contributed by atoms with Crippen molar-refractivity contribution in [2.24, 2.45) is 0 Å². The Balaban J connectivity index is 2.66. The van der Waals surface area contributed by atoms with Crippen LogP contribution in [0.25, 0.3) is 10.9 Å². The number of rotatable bonds is 2. The molecule has 0 aliphatic carbocycles. The zero-order valence-electron chi connectivity index (χ0n) is 7.70. The minimum atomic E-state index is 0.677. The van der Waals surface area contributed by atoms with Gasteiger partial charge in [0.1, 0.15) is 5.15 Å². The Kier molecular flexibility index (Phi) is 2.68. The number of hydrogen-bond donors (Lipinski definition) is 2. The van der Waals surface area contributed by atoms with Crippen molar-refractivity contribution in [2.45, 2.75) is 6.54 Å². The lowest BCUT2D eigenvalue weighted by Crippen LogP contribution is -2.04. The molecule has 1 aromatic carbocycles. The van der Waals surface area contributed by atoms with Gasteiger partial charge in [0.2, 0.25) is 0 Å². The molecule has 0 amide bonds. The molecule has 0 unspecified atom stereocenters. The Morgan fingerprint density at radius 1 is 1.36 bits per heavy atom.